The summed E-state index contributed by atoms with van der Waals surface area (Å²) in [6, 6.07) is 0. The lowest BCUT2D eigenvalue weighted by atomic mass is 9.83. The second-order valence-electron chi connectivity index (χ2n) is 3.30. The monoisotopic (exact) mass is 143 g/mol. The van der Waals surface area contributed by atoms with Crippen molar-refractivity contribution >= 4 is 11.8 Å². The fraction of sp³-hybridized carbons (Fsp3) is 1.00. The van der Waals surface area contributed by atoms with E-state index >= 15 is 0 Å². The lowest BCUT2D eigenvalue weighted by Gasteiger charge is -2.55. The van der Waals surface area contributed by atoms with Crippen LogP contribution in [0, 0.1) is 5.41 Å². The molecule has 2 heteroatoms. The van der Waals surface area contributed by atoms with Gasteiger partial charge in [0.2, 0.25) is 0 Å². The predicted molar refractivity (Wildman–Crippen MR) is 41.9 cm³/mol. The molecule has 0 radical (unpaired) electrons. The highest BCUT2D eigenvalue weighted by Gasteiger charge is 2.47. The molecule has 52 valence electrons. The Balaban J connectivity index is 1.82. The molecule has 0 aromatic carbocycles. The molecule has 0 atom stereocenters. The highest BCUT2D eigenvalue weighted by atomic mass is 32.2. The smallest absolute Gasteiger partial charge is 0.0138 e. The quantitative estimate of drug-likeness (QED) is 0.540. The zero-order chi connectivity index (χ0) is 6.32. The van der Waals surface area contributed by atoms with Crippen LogP contribution < -0.4 is 0 Å². The SMILES string of the molecule is CCN1CC2(CSC2)C1. The largest absolute Gasteiger partial charge is 0.302 e. The molecular weight excluding hydrogens is 130 g/mol. The molecule has 0 aliphatic carbocycles. The average molecular weight is 143 g/mol. The minimum Gasteiger partial charge on any atom is -0.302 e. The molecule has 1 nitrogen and oxygen atoms in total. The van der Waals surface area contributed by atoms with Gasteiger partial charge in [0.05, 0.1) is 0 Å². The first-order valence-corrected chi connectivity index (χ1v) is 4.80. The number of likely N-dealkylation sites (tertiary alicyclic amines) is 1. The number of nitrogens with zero attached hydrogens (tertiary/aromatic N) is 1. The van der Waals surface area contributed by atoms with Crippen molar-refractivity contribution in [3.05, 3.63) is 0 Å². The third-order valence-corrected chi connectivity index (χ3v) is 4.01. The fourth-order valence-electron chi connectivity index (χ4n) is 1.70. The van der Waals surface area contributed by atoms with Gasteiger partial charge in [0.1, 0.15) is 0 Å². The Labute approximate surface area is 60.8 Å². The molecule has 0 amide bonds. The van der Waals surface area contributed by atoms with Gasteiger partial charge in [-0.25, -0.2) is 0 Å². The Hall–Kier alpha value is 0.310. The van der Waals surface area contributed by atoms with Crippen LogP contribution in [0.5, 0.6) is 0 Å². The van der Waals surface area contributed by atoms with Crippen molar-refractivity contribution in [3.8, 4) is 0 Å². The van der Waals surface area contributed by atoms with Gasteiger partial charge in [-0.15, -0.1) is 0 Å². The van der Waals surface area contributed by atoms with Crippen molar-refractivity contribution in [3.63, 3.8) is 0 Å². The maximum absolute atomic E-state index is 2.53. The minimum absolute atomic E-state index is 0.806. The molecule has 1 spiro atoms. The predicted octanol–water partition coefficient (Wildman–Crippen LogP) is 1.06. The number of thioether (sulfide) groups is 1. The highest BCUT2D eigenvalue weighted by molar-refractivity contribution is 8.00. The Kier molecular flexibility index (Phi) is 1.27. The van der Waals surface area contributed by atoms with Crippen LogP contribution in [0.2, 0.25) is 0 Å². The molecular formula is C7H13NS. The van der Waals surface area contributed by atoms with Crippen LogP contribution in [0.25, 0.3) is 0 Å². The molecule has 2 aliphatic rings. The molecule has 2 saturated heterocycles. The van der Waals surface area contributed by atoms with Crippen LogP contribution in [0.3, 0.4) is 0 Å². The first kappa shape index (κ1) is 6.05. The van der Waals surface area contributed by atoms with Crippen molar-refractivity contribution in [2.75, 3.05) is 31.1 Å². The zero-order valence-corrected chi connectivity index (χ0v) is 6.71. The van der Waals surface area contributed by atoms with Gasteiger partial charge in [-0.05, 0) is 6.54 Å². The standard InChI is InChI=1S/C7H13NS/c1-2-8-3-7(4-8)5-9-6-7/h2-6H2,1H3. The summed E-state index contributed by atoms with van der Waals surface area (Å²) in [5.41, 5.74) is 0.806. The van der Waals surface area contributed by atoms with Crippen LogP contribution in [0.1, 0.15) is 6.92 Å². The van der Waals surface area contributed by atoms with Gasteiger partial charge in [0, 0.05) is 30.0 Å². The fourth-order valence-corrected chi connectivity index (χ4v) is 2.85. The molecule has 2 fully saturated rings. The molecule has 0 aromatic rings. The van der Waals surface area contributed by atoms with E-state index in [0.717, 1.165) is 5.41 Å². The Bertz CT molecular complexity index is 112. The zero-order valence-electron chi connectivity index (χ0n) is 5.89. The van der Waals surface area contributed by atoms with E-state index in [1.54, 1.807) is 0 Å². The third-order valence-electron chi connectivity index (χ3n) is 2.38. The maximum Gasteiger partial charge on any atom is 0.0138 e. The van der Waals surface area contributed by atoms with Crippen molar-refractivity contribution in [1.29, 1.82) is 0 Å². The van der Waals surface area contributed by atoms with E-state index in [0.29, 0.717) is 0 Å². The van der Waals surface area contributed by atoms with E-state index in [4.69, 9.17) is 0 Å². The Morgan fingerprint density at radius 1 is 1.44 bits per heavy atom. The van der Waals surface area contributed by atoms with Gasteiger partial charge in [0.15, 0.2) is 0 Å². The summed E-state index contributed by atoms with van der Waals surface area (Å²) in [5, 5.41) is 0. The summed E-state index contributed by atoms with van der Waals surface area (Å²) in [4.78, 5) is 2.53. The normalized spacial score (nSPS) is 31.7. The highest BCUT2D eigenvalue weighted by Crippen LogP contribution is 2.44. The Morgan fingerprint density at radius 2 is 2.11 bits per heavy atom. The van der Waals surface area contributed by atoms with Gasteiger partial charge in [-0.3, -0.25) is 0 Å². The molecule has 0 aromatic heterocycles. The van der Waals surface area contributed by atoms with E-state index in [2.05, 4.69) is 23.6 Å². The summed E-state index contributed by atoms with van der Waals surface area (Å²) < 4.78 is 0. The van der Waals surface area contributed by atoms with Gasteiger partial charge >= 0.3 is 0 Å². The summed E-state index contributed by atoms with van der Waals surface area (Å²) >= 11 is 2.11. The van der Waals surface area contributed by atoms with Gasteiger partial charge in [0.25, 0.3) is 0 Å². The number of hydrogen-bond acceptors (Lipinski definition) is 2. The lowest BCUT2D eigenvalue weighted by molar-refractivity contribution is 0.0353. The van der Waals surface area contributed by atoms with Crippen LogP contribution in [-0.4, -0.2) is 36.0 Å². The second kappa shape index (κ2) is 1.89. The van der Waals surface area contributed by atoms with Gasteiger partial charge in [-0.2, -0.15) is 11.8 Å². The summed E-state index contributed by atoms with van der Waals surface area (Å²) in [7, 11) is 0. The average Bonchev–Trinajstić information content (AvgIpc) is 1.59. The second-order valence-corrected chi connectivity index (χ2v) is 4.28. The maximum atomic E-state index is 2.53. The van der Waals surface area contributed by atoms with Gasteiger partial charge in [-0.1, -0.05) is 6.92 Å². The summed E-state index contributed by atoms with van der Waals surface area (Å²) in [6.07, 6.45) is 0. The minimum atomic E-state index is 0.806. The molecule has 0 saturated carbocycles. The van der Waals surface area contributed by atoms with E-state index in [1.165, 1.54) is 31.1 Å². The molecule has 0 bridgehead atoms. The third kappa shape index (κ3) is 0.802. The molecule has 9 heavy (non-hydrogen) atoms. The lowest BCUT2D eigenvalue weighted by Crippen LogP contribution is -2.62. The topological polar surface area (TPSA) is 3.24 Å². The van der Waals surface area contributed by atoms with Crippen LogP contribution in [0.4, 0.5) is 0 Å². The van der Waals surface area contributed by atoms with Crippen molar-refractivity contribution in [2.45, 2.75) is 6.92 Å². The Morgan fingerprint density at radius 3 is 2.44 bits per heavy atom. The molecule has 0 N–H and O–H groups in total. The van der Waals surface area contributed by atoms with E-state index in [1.807, 2.05) is 0 Å². The van der Waals surface area contributed by atoms with Crippen molar-refractivity contribution < 1.29 is 0 Å². The van der Waals surface area contributed by atoms with Crippen molar-refractivity contribution in [2.24, 2.45) is 5.41 Å². The van der Waals surface area contributed by atoms with Crippen LogP contribution >= 0.6 is 11.8 Å². The van der Waals surface area contributed by atoms with Crippen molar-refractivity contribution in [1.82, 2.24) is 4.90 Å². The van der Waals surface area contributed by atoms with E-state index in [9.17, 15) is 0 Å². The summed E-state index contributed by atoms with van der Waals surface area (Å²) in [6.45, 7) is 6.28. The van der Waals surface area contributed by atoms with Crippen LogP contribution in [0.15, 0.2) is 0 Å². The molecule has 0 unspecified atom stereocenters. The van der Waals surface area contributed by atoms with Gasteiger partial charge < -0.3 is 4.90 Å². The molecule has 2 rings (SSSR count). The van der Waals surface area contributed by atoms with Crippen LogP contribution in [-0.2, 0) is 0 Å². The molecule has 2 heterocycles. The summed E-state index contributed by atoms with van der Waals surface area (Å²) in [5.74, 6) is 2.87. The molecule has 2 aliphatic heterocycles. The van der Waals surface area contributed by atoms with E-state index in [-0.39, 0.29) is 0 Å². The number of hydrogen-bond donors (Lipinski definition) is 0. The first-order chi connectivity index (χ1) is 4.35. The van der Waals surface area contributed by atoms with E-state index < -0.39 is 0 Å². The number of rotatable bonds is 1. The first-order valence-electron chi connectivity index (χ1n) is 3.65.